The van der Waals surface area contributed by atoms with Crippen molar-refractivity contribution in [3.05, 3.63) is 65.3 Å². The highest BCUT2D eigenvalue weighted by molar-refractivity contribution is 6.35. The second-order valence-corrected chi connectivity index (χ2v) is 4.91. The molecular formula is C16H11ClN2O2. The van der Waals surface area contributed by atoms with Crippen molar-refractivity contribution in [2.75, 3.05) is 5.32 Å². The lowest BCUT2D eigenvalue weighted by atomic mass is 10.1. The second-order valence-electron chi connectivity index (χ2n) is 4.50. The fraction of sp³-hybridized carbons (Fsp3) is 0. The number of carboxylic acid groups (broad SMARTS) is 1. The molecule has 0 saturated carbocycles. The summed E-state index contributed by atoms with van der Waals surface area (Å²) in [7, 11) is 0. The maximum Gasteiger partial charge on any atom is 0.335 e. The van der Waals surface area contributed by atoms with Gasteiger partial charge in [0.05, 0.1) is 5.56 Å². The van der Waals surface area contributed by atoms with Crippen LogP contribution in [-0.4, -0.2) is 16.1 Å². The van der Waals surface area contributed by atoms with Crippen LogP contribution in [-0.2, 0) is 0 Å². The number of carbonyl (C=O) groups is 1. The number of halogens is 1. The van der Waals surface area contributed by atoms with Crippen molar-refractivity contribution in [2.45, 2.75) is 0 Å². The molecule has 1 heterocycles. The summed E-state index contributed by atoms with van der Waals surface area (Å²) in [5, 5.41) is 14.6. The van der Waals surface area contributed by atoms with Gasteiger partial charge in [0.15, 0.2) is 0 Å². The molecule has 4 nitrogen and oxygen atoms in total. The first-order valence-corrected chi connectivity index (χ1v) is 6.66. The molecule has 0 saturated heterocycles. The van der Waals surface area contributed by atoms with Crippen molar-refractivity contribution in [3.8, 4) is 0 Å². The summed E-state index contributed by atoms with van der Waals surface area (Å²) in [6.07, 6.45) is 1.68. The van der Waals surface area contributed by atoms with E-state index in [2.05, 4.69) is 10.3 Å². The number of nitrogens with one attached hydrogen (secondary N) is 1. The smallest absolute Gasteiger partial charge is 0.335 e. The third-order valence-corrected chi connectivity index (χ3v) is 3.48. The van der Waals surface area contributed by atoms with Gasteiger partial charge in [0.2, 0.25) is 0 Å². The van der Waals surface area contributed by atoms with Gasteiger partial charge in [-0.25, -0.2) is 9.78 Å². The number of benzene rings is 2. The lowest BCUT2D eigenvalue weighted by Crippen LogP contribution is -1.98. The van der Waals surface area contributed by atoms with Crippen LogP contribution in [0.25, 0.3) is 10.8 Å². The van der Waals surface area contributed by atoms with Crippen LogP contribution < -0.4 is 5.32 Å². The first-order chi connectivity index (χ1) is 10.1. The first kappa shape index (κ1) is 13.4. The van der Waals surface area contributed by atoms with E-state index < -0.39 is 5.97 Å². The number of aromatic carboxylic acids is 1. The van der Waals surface area contributed by atoms with E-state index in [1.807, 2.05) is 24.3 Å². The number of hydrogen-bond donors (Lipinski definition) is 2. The predicted molar refractivity (Wildman–Crippen MR) is 83.4 cm³/mol. The Morgan fingerprint density at radius 2 is 1.81 bits per heavy atom. The minimum absolute atomic E-state index is 0.245. The van der Waals surface area contributed by atoms with Gasteiger partial charge in [-0.2, -0.15) is 0 Å². The average molecular weight is 299 g/mol. The molecular weight excluding hydrogens is 288 g/mol. The molecule has 3 aromatic rings. The quantitative estimate of drug-likeness (QED) is 0.755. The molecule has 0 aliphatic rings. The highest BCUT2D eigenvalue weighted by atomic mass is 35.5. The van der Waals surface area contributed by atoms with E-state index in [4.69, 9.17) is 16.7 Å². The van der Waals surface area contributed by atoms with Crippen LogP contribution in [0.4, 0.5) is 11.5 Å². The van der Waals surface area contributed by atoms with Crippen LogP contribution in [0.15, 0.2) is 54.7 Å². The van der Waals surface area contributed by atoms with Crippen LogP contribution in [0, 0.1) is 0 Å². The Hall–Kier alpha value is -2.59. The van der Waals surface area contributed by atoms with Gasteiger partial charge < -0.3 is 10.4 Å². The van der Waals surface area contributed by atoms with E-state index in [0.717, 1.165) is 16.5 Å². The van der Waals surface area contributed by atoms with Gasteiger partial charge in [-0.15, -0.1) is 0 Å². The molecule has 0 aliphatic heterocycles. The maximum absolute atomic E-state index is 10.8. The van der Waals surface area contributed by atoms with Crippen molar-refractivity contribution in [2.24, 2.45) is 0 Å². The number of aromatic nitrogens is 1. The monoisotopic (exact) mass is 298 g/mol. The van der Waals surface area contributed by atoms with Crippen molar-refractivity contribution in [1.82, 2.24) is 4.98 Å². The van der Waals surface area contributed by atoms with Gasteiger partial charge in [-0.1, -0.05) is 23.7 Å². The number of anilines is 2. The van der Waals surface area contributed by atoms with E-state index in [9.17, 15) is 4.79 Å². The standard InChI is InChI=1S/C16H11ClN2O2/c17-14-3-1-2-13-12(14)8-9-18-15(13)19-11-6-4-10(5-7-11)16(20)21/h1-9H,(H,18,19)(H,20,21). The third-order valence-electron chi connectivity index (χ3n) is 3.15. The number of pyridine rings is 1. The van der Waals surface area contributed by atoms with Crippen molar-refractivity contribution in [3.63, 3.8) is 0 Å². The zero-order valence-electron chi connectivity index (χ0n) is 10.9. The SMILES string of the molecule is O=C(O)c1ccc(Nc2nccc3c(Cl)cccc23)cc1. The largest absolute Gasteiger partial charge is 0.478 e. The van der Waals surface area contributed by atoms with E-state index in [-0.39, 0.29) is 5.56 Å². The van der Waals surface area contributed by atoms with Gasteiger partial charge in [0, 0.05) is 27.7 Å². The molecule has 0 bridgehead atoms. The van der Waals surface area contributed by atoms with Crippen molar-refractivity contribution in [1.29, 1.82) is 0 Å². The van der Waals surface area contributed by atoms with Crippen LogP contribution in [0.5, 0.6) is 0 Å². The number of nitrogens with zero attached hydrogens (tertiary/aromatic N) is 1. The molecule has 104 valence electrons. The number of hydrogen-bond acceptors (Lipinski definition) is 3. The average Bonchev–Trinajstić information content (AvgIpc) is 2.49. The van der Waals surface area contributed by atoms with Crippen LogP contribution >= 0.6 is 11.6 Å². The summed E-state index contributed by atoms with van der Waals surface area (Å²) in [6, 6.07) is 14.0. The fourth-order valence-corrected chi connectivity index (χ4v) is 2.34. The third kappa shape index (κ3) is 2.66. The van der Waals surface area contributed by atoms with Gasteiger partial charge >= 0.3 is 5.97 Å². The summed E-state index contributed by atoms with van der Waals surface area (Å²) in [5.74, 6) is -0.269. The topological polar surface area (TPSA) is 62.2 Å². The minimum atomic E-state index is -0.948. The van der Waals surface area contributed by atoms with Crippen LogP contribution in [0.1, 0.15) is 10.4 Å². The summed E-state index contributed by atoms with van der Waals surface area (Å²) < 4.78 is 0. The summed E-state index contributed by atoms with van der Waals surface area (Å²) in [4.78, 5) is 15.2. The van der Waals surface area contributed by atoms with Gasteiger partial charge in [0.1, 0.15) is 5.82 Å². The van der Waals surface area contributed by atoms with E-state index in [1.54, 1.807) is 30.5 Å². The predicted octanol–water partition coefficient (Wildman–Crippen LogP) is 4.33. The van der Waals surface area contributed by atoms with Crippen molar-refractivity contribution >= 4 is 39.8 Å². The molecule has 0 spiro atoms. The lowest BCUT2D eigenvalue weighted by molar-refractivity contribution is 0.0697. The Balaban J connectivity index is 1.98. The second kappa shape index (κ2) is 5.42. The highest BCUT2D eigenvalue weighted by Gasteiger charge is 2.06. The molecule has 1 aromatic heterocycles. The fourth-order valence-electron chi connectivity index (χ4n) is 2.10. The normalized spacial score (nSPS) is 10.5. The number of carboxylic acids is 1. The first-order valence-electron chi connectivity index (χ1n) is 6.29. The number of rotatable bonds is 3. The minimum Gasteiger partial charge on any atom is -0.478 e. The zero-order valence-corrected chi connectivity index (χ0v) is 11.6. The summed E-state index contributed by atoms with van der Waals surface area (Å²) in [5.41, 5.74) is 1.01. The molecule has 5 heteroatoms. The Labute approximate surface area is 126 Å². The molecule has 2 N–H and O–H groups in total. The zero-order chi connectivity index (χ0) is 14.8. The Morgan fingerprint density at radius 3 is 2.52 bits per heavy atom. The molecule has 2 aromatic carbocycles. The molecule has 0 atom stereocenters. The molecule has 0 unspecified atom stereocenters. The molecule has 21 heavy (non-hydrogen) atoms. The Morgan fingerprint density at radius 1 is 1.05 bits per heavy atom. The van der Waals surface area contributed by atoms with Crippen molar-refractivity contribution < 1.29 is 9.90 Å². The van der Waals surface area contributed by atoms with E-state index in [1.165, 1.54) is 0 Å². The van der Waals surface area contributed by atoms with Gasteiger partial charge in [-0.05, 0) is 36.4 Å². The van der Waals surface area contributed by atoms with Crippen LogP contribution in [0.3, 0.4) is 0 Å². The van der Waals surface area contributed by atoms with Gasteiger partial charge in [-0.3, -0.25) is 0 Å². The van der Waals surface area contributed by atoms with Gasteiger partial charge in [0.25, 0.3) is 0 Å². The summed E-state index contributed by atoms with van der Waals surface area (Å²) in [6.45, 7) is 0. The summed E-state index contributed by atoms with van der Waals surface area (Å²) >= 11 is 6.17. The molecule has 0 amide bonds. The molecule has 3 rings (SSSR count). The maximum atomic E-state index is 10.8. The Bertz CT molecular complexity index is 816. The molecule has 0 aliphatic carbocycles. The van der Waals surface area contributed by atoms with E-state index in [0.29, 0.717) is 10.8 Å². The molecule has 0 radical (unpaired) electrons. The number of fused-ring (bicyclic) bond motifs is 1. The van der Waals surface area contributed by atoms with E-state index >= 15 is 0 Å². The highest BCUT2D eigenvalue weighted by Crippen LogP contribution is 2.29. The molecule has 0 fully saturated rings. The Kier molecular flexibility index (Phi) is 3.46. The van der Waals surface area contributed by atoms with Crippen LogP contribution in [0.2, 0.25) is 5.02 Å². The lowest BCUT2D eigenvalue weighted by Gasteiger charge is -2.09.